The van der Waals surface area contributed by atoms with Gasteiger partial charge in [-0.2, -0.15) is 0 Å². The summed E-state index contributed by atoms with van der Waals surface area (Å²) in [5, 5.41) is 0. The maximum Gasteiger partial charge on any atom is 0.145 e. The lowest BCUT2D eigenvalue weighted by molar-refractivity contribution is 0.128. The molecule has 3 N–H and O–H groups in total. The minimum absolute atomic E-state index is 0.234. The molecule has 0 radical (unpaired) electrons. The molecule has 19 heavy (non-hydrogen) atoms. The summed E-state index contributed by atoms with van der Waals surface area (Å²) < 4.78 is 0. The maximum absolute atomic E-state index is 5.43. The van der Waals surface area contributed by atoms with Crippen molar-refractivity contribution < 1.29 is 0 Å². The van der Waals surface area contributed by atoms with Crippen molar-refractivity contribution in [2.75, 3.05) is 36.5 Å². The Kier molecular flexibility index (Phi) is 3.91. The van der Waals surface area contributed by atoms with E-state index in [9.17, 15) is 0 Å². The van der Waals surface area contributed by atoms with Gasteiger partial charge in [0.05, 0.1) is 0 Å². The molecule has 0 bridgehead atoms. The second kappa shape index (κ2) is 5.30. The normalized spacial score (nSPS) is 17.6. The van der Waals surface area contributed by atoms with Gasteiger partial charge >= 0.3 is 0 Å². The van der Waals surface area contributed by atoms with Crippen LogP contribution in [0.4, 0.5) is 11.6 Å². The molecule has 1 aliphatic rings. The number of aryl methyl sites for hydroxylation is 1. The lowest BCUT2D eigenvalue weighted by Crippen LogP contribution is -2.53. The van der Waals surface area contributed by atoms with Crippen molar-refractivity contribution in [2.24, 2.45) is 5.84 Å². The zero-order valence-electron chi connectivity index (χ0n) is 12.3. The lowest BCUT2D eigenvalue weighted by Gasteiger charge is -2.42. The van der Waals surface area contributed by atoms with Crippen LogP contribution in [-0.2, 0) is 0 Å². The molecule has 1 aliphatic heterocycles. The zero-order valence-corrected chi connectivity index (χ0v) is 12.3. The Balaban J connectivity index is 2.07. The molecular formula is C13H24N6. The second-order valence-electron chi connectivity index (χ2n) is 5.95. The molecule has 0 saturated carbocycles. The smallest absolute Gasteiger partial charge is 0.145 e. The van der Waals surface area contributed by atoms with E-state index in [1.807, 2.05) is 13.0 Å². The predicted octanol–water partition coefficient (Wildman–Crippen LogP) is 0.991. The van der Waals surface area contributed by atoms with Crippen LogP contribution in [0.15, 0.2) is 6.07 Å². The monoisotopic (exact) mass is 264 g/mol. The van der Waals surface area contributed by atoms with E-state index in [1.165, 1.54) is 0 Å². The van der Waals surface area contributed by atoms with Crippen molar-refractivity contribution in [1.29, 1.82) is 0 Å². The van der Waals surface area contributed by atoms with E-state index in [0.29, 0.717) is 5.82 Å². The summed E-state index contributed by atoms with van der Waals surface area (Å²) in [7, 11) is 0. The Labute approximate surface area is 115 Å². The number of nitrogens with zero attached hydrogens (tertiary/aromatic N) is 4. The van der Waals surface area contributed by atoms with E-state index >= 15 is 0 Å². The summed E-state index contributed by atoms with van der Waals surface area (Å²) in [5.74, 6) is 7.79. The number of anilines is 2. The molecule has 106 valence electrons. The van der Waals surface area contributed by atoms with Gasteiger partial charge in [0.15, 0.2) is 0 Å². The van der Waals surface area contributed by atoms with E-state index in [2.05, 4.69) is 46.0 Å². The number of piperazine rings is 1. The first-order chi connectivity index (χ1) is 8.90. The predicted molar refractivity (Wildman–Crippen MR) is 78.1 cm³/mol. The number of hydrogen-bond donors (Lipinski definition) is 2. The van der Waals surface area contributed by atoms with Crippen LogP contribution < -0.4 is 16.2 Å². The Morgan fingerprint density at radius 2 is 1.79 bits per heavy atom. The van der Waals surface area contributed by atoms with Crippen molar-refractivity contribution in [1.82, 2.24) is 14.9 Å². The van der Waals surface area contributed by atoms with E-state index in [1.54, 1.807) is 0 Å². The highest BCUT2D eigenvalue weighted by molar-refractivity contribution is 5.49. The second-order valence-corrected chi connectivity index (χ2v) is 5.95. The van der Waals surface area contributed by atoms with Crippen LogP contribution in [0.5, 0.6) is 0 Å². The number of aromatic nitrogens is 2. The Bertz CT molecular complexity index is 431. The first kappa shape index (κ1) is 14.0. The topological polar surface area (TPSA) is 70.3 Å². The van der Waals surface area contributed by atoms with Crippen LogP contribution in [-0.4, -0.2) is 46.6 Å². The number of nitrogens with one attached hydrogen (secondary N) is 1. The van der Waals surface area contributed by atoms with E-state index in [0.717, 1.165) is 37.8 Å². The van der Waals surface area contributed by atoms with Crippen LogP contribution >= 0.6 is 0 Å². The van der Waals surface area contributed by atoms with Crippen LogP contribution in [0.3, 0.4) is 0 Å². The molecule has 6 heteroatoms. The number of nitrogen functional groups attached to an aromatic ring is 1. The van der Waals surface area contributed by atoms with E-state index in [4.69, 9.17) is 5.84 Å². The fraction of sp³-hybridized carbons (Fsp3) is 0.692. The Morgan fingerprint density at radius 1 is 1.16 bits per heavy atom. The third-order valence-corrected chi connectivity index (χ3v) is 3.52. The number of nitrogens with two attached hydrogens (primary N) is 1. The van der Waals surface area contributed by atoms with Gasteiger partial charge < -0.3 is 10.3 Å². The molecule has 2 heterocycles. The summed E-state index contributed by atoms with van der Waals surface area (Å²) in [4.78, 5) is 13.5. The van der Waals surface area contributed by atoms with Gasteiger partial charge in [-0.1, -0.05) is 0 Å². The molecule has 1 aromatic rings. The van der Waals surface area contributed by atoms with Crippen molar-refractivity contribution >= 4 is 11.6 Å². The molecule has 0 amide bonds. The highest BCUT2D eigenvalue weighted by Gasteiger charge is 2.26. The van der Waals surface area contributed by atoms with Gasteiger partial charge in [-0.25, -0.2) is 15.8 Å². The minimum atomic E-state index is 0.234. The largest absolute Gasteiger partial charge is 0.354 e. The molecular weight excluding hydrogens is 240 g/mol. The molecule has 0 aliphatic carbocycles. The Hall–Kier alpha value is -1.40. The van der Waals surface area contributed by atoms with Crippen LogP contribution in [0, 0.1) is 6.92 Å². The molecule has 0 spiro atoms. The lowest BCUT2D eigenvalue weighted by atomic mass is 10.1. The maximum atomic E-state index is 5.43. The average Bonchev–Trinajstić information content (AvgIpc) is 2.37. The fourth-order valence-electron chi connectivity index (χ4n) is 2.39. The van der Waals surface area contributed by atoms with Gasteiger partial charge in [0.25, 0.3) is 0 Å². The summed E-state index contributed by atoms with van der Waals surface area (Å²) in [6, 6.07) is 1.90. The molecule has 0 aromatic carbocycles. The molecule has 0 unspecified atom stereocenters. The summed E-state index contributed by atoms with van der Waals surface area (Å²) in [5.41, 5.74) is 2.83. The average molecular weight is 264 g/mol. The molecule has 1 fully saturated rings. The minimum Gasteiger partial charge on any atom is -0.354 e. The van der Waals surface area contributed by atoms with Gasteiger partial charge in [-0.05, 0) is 27.7 Å². The molecule has 2 rings (SSSR count). The first-order valence-electron chi connectivity index (χ1n) is 6.72. The molecule has 0 atom stereocenters. The third kappa shape index (κ3) is 3.33. The van der Waals surface area contributed by atoms with Crippen LogP contribution in [0.1, 0.15) is 26.6 Å². The number of rotatable bonds is 2. The van der Waals surface area contributed by atoms with Gasteiger partial charge in [0, 0.05) is 37.8 Å². The summed E-state index contributed by atoms with van der Waals surface area (Å²) in [6.45, 7) is 12.7. The Morgan fingerprint density at radius 3 is 2.32 bits per heavy atom. The fourth-order valence-corrected chi connectivity index (χ4v) is 2.39. The number of hydrogen-bond acceptors (Lipinski definition) is 6. The van der Waals surface area contributed by atoms with Gasteiger partial charge in [-0.3, -0.25) is 4.90 Å². The molecule has 1 saturated heterocycles. The standard InChI is InChI=1S/C13H24N6/c1-10-15-11(17-14)9-12(16-10)18-5-7-19(8-6-18)13(2,3)4/h9H,5-8,14H2,1-4H3,(H,15,16,17). The van der Waals surface area contributed by atoms with Gasteiger partial charge in [-0.15, -0.1) is 0 Å². The van der Waals surface area contributed by atoms with Crippen LogP contribution in [0.25, 0.3) is 0 Å². The molecule has 1 aromatic heterocycles. The van der Waals surface area contributed by atoms with Crippen molar-refractivity contribution in [3.8, 4) is 0 Å². The first-order valence-corrected chi connectivity index (χ1v) is 6.72. The van der Waals surface area contributed by atoms with Gasteiger partial charge in [0.1, 0.15) is 17.5 Å². The summed E-state index contributed by atoms with van der Waals surface area (Å²) in [6.07, 6.45) is 0. The van der Waals surface area contributed by atoms with Crippen LogP contribution in [0.2, 0.25) is 0 Å². The summed E-state index contributed by atoms with van der Waals surface area (Å²) >= 11 is 0. The third-order valence-electron chi connectivity index (χ3n) is 3.52. The highest BCUT2D eigenvalue weighted by Crippen LogP contribution is 2.20. The van der Waals surface area contributed by atoms with E-state index < -0.39 is 0 Å². The van der Waals surface area contributed by atoms with Gasteiger partial charge in [0.2, 0.25) is 0 Å². The van der Waals surface area contributed by atoms with Crippen molar-refractivity contribution in [3.63, 3.8) is 0 Å². The zero-order chi connectivity index (χ0) is 14.0. The number of hydrazine groups is 1. The molecule has 6 nitrogen and oxygen atoms in total. The quantitative estimate of drug-likeness (QED) is 0.613. The van der Waals surface area contributed by atoms with E-state index in [-0.39, 0.29) is 5.54 Å². The van der Waals surface area contributed by atoms with Crippen molar-refractivity contribution in [3.05, 3.63) is 11.9 Å². The SMILES string of the molecule is Cc1nc(NN)cc(N2CCN(C(C)(C)C)CC2)n1. The van der Waals surface area contributed by atoms with Crippen molar-refractivity contribution in [2.45, 2.75) is 33.2 Å². The highest BCUT2D eigenvalue weighted by atomic mass is 15.3.